The van der Waals surface area contributed by atoms with Gasteiger partial charge in [-0.05, 0) is 25.0 Å². The van der Waals surface area contributed by atoms with E-state index >= 15 is 0 Å². The maximum Gasteiger partial charge on any atom is 0.261 e. The van der Waals surface area contributed by atoms with Gasteiger partial charge in [0.25, 0.3) is 5.91 Å². The van der Waals surface area contributed by atoms with E-state index in [1.54, 1.807) is 12.1 Å². The van der Waals surface area contributed by atoms with Crippen LogP contribution in [0.4, 0.5) is 5.00 Å². The van der Waals surface area contributed by atoms with Crippen molar-refractivity contribution in [3.05, 3.63) is 17.0 Å². The molecule has 0 fully saturated rings. The summed E-state index contributed by atoms with van der Waals surface area (Å²) in [5, 5.41) is 14.6. The number of rotatable bonds is 6. The molecule has 17 heavy (non-hydrogen) atoms. The Bertz CT molecular complexity index is 390. The lowest BCUT2D eigenvalue weighted by Gasteiger charge is -2.01. The Morgan fingerprint density at radius 3 is 2.76 bits per heavy atom. The molecule has 0 unspecified atom stereocenters. The predicted octanol–water partition coefficient (Wildman–Crippen LogP) is 1.21. The summed E-state index contributed by atoms with van der Waals surface area (Å²) in [5.74, 6) is -0.300. The number of aliphatic hydroxyl groups is 1. The van der Waals surface area contributed by atoms with Crippen molar-refractivity contribution in [3.8, 4) is 0 Å². The Labute approximate surface area is 104 Å². The number of anilines is 1. The molecule has 0 saturated heterocycles. The van der Waals surface area contributed by atoms with Gasteiger partial charge in [-0.1, -0.05) is 0 Å². The van der Waals surface area contributed by atoms with Crippen molar-refractivity contribution >= 4 is 28.2 Å². The van der Waals surface area contributed by atoms with Crippen molar-refractivity contribution in [2.75, 3.05) is 18.5 Å². The number of aliphatic hydroxyl groups excluding tert-OH is 1. The third-order valence-electron chi connectivity index (χ3n) is 2.00. The van der Waals surface area contributed by atoms with Crippen molar-refractivity contribution in [2.24, 2.45) is 0 Å². The molecule has 94 valence electrons. The number of thiophene rings is 1. The Balaban J connectivity index is 2.41. The first-order chi connectivity index (χ1) is 8.13. The van der Waals surface area contributed by atoms with Crippen LogP contribution in [0.2, 0.25) is 0 Å². The lowest BCUT2D eigenvalue weighted by molar-refractivity contribution is -0.114. The second kappa shape index (κ2) is 7.03. The van der Waals surface area contributed by atoms with E-state index < -0.39 is 0 Å². The van der Waals surface area contributed by atoms with Gasteiger partial charge in [0.2, 0.25) is 5.91 Å². The van der Waals surface area contributed by atoms with Gasteiger partial charge in [0, 0.05) is 20.1 Å². The predicted molar refractivity (Wildman–Crippen MR) is 67.3 cm³/mol. The molecule has 1 aromatic rings. The second-order valence-corrected chi connectivity index (χ2v) is 4.62. The summed E-state index contributed by atoms with van der Waals surface area (Å²) < 4.78 is 0. The van der Waals surface area contributed by atoms with Crippen LogP contribution in [0.1, 0.15) is 29.4 Å². The van der Waals surface area contributed by atoms with Crippen molar-refractivity contribution in [1.29, 1.82) is 0 Å². The van der Waals surface area contributed by atoms with Crippen LogP contribution in [0, 0.1) is 0 Å². The molecule has 1 heterocycles. The molecule has 0 aromatic carbocycles. The Morgan fingerprint density at radius 2 is 2.12 bits per heavy atom. The first-order valence-corrected chi connectivity index (χ1v) is 6.21. The molecule has 0 bridgehead atoms. The monoisotopic (exact) mass is 256 g/mol. The topological polar surface area (TPSA) is 78.4 Å². The van der Waals surface area contributed by atoms with E-state index in [0.717, 1.165) is 6.42 Å². The van der Waals surface area contributed by atoms with Gasteiger partial charge >= 0.3 is 0 Å². The zero-order chi connectivity index (χ0) is 12.7. The minimum atomic E-state index is -0.151. The van der Waals surface area contributed by atoms with E-state index in [2.05, 4.69) is 10.6 Å². The number of unbranched alkanes of at least 4 members (excludes halogenated alkanes) is 1. The molecule has 1 aromatic heterocycles. The largest absolute Gasteiger partial charge is 0.396 e. The van der Waals surface area contributed by atoms with Gasteiger partial charge < -0.3 is 15.7 Å². The smallest absolute Gasteiger partial charge is 0.261 e. The van der Waals surface area contributed by atoms with Gasteiger partial charge in [0.1, 0.15) is 0 Å². The molecule has 0 aliphatic carbocycles. The average Bonchev–Trinajstić information content (AvgIpc) is 2.71. The first kappa shape index (κ1) is 13.7. The van der Waals surface area contributed by atoms with Crippen LogP contribution >= 0.6 is 11.3 Å². The lowest BCUT2D eigenvalue weighted by atomic mass is 10.3. The first-order valence-electron chi connectivity index (χ1n) is 5.40. The van der Waals surface area contributed by atoms with Crippen molar-refractivity contribution < 1.29 is 14.7 Å². The zero-order valence-corrected chi connectivity index (χ0v) is 10.5. The van der Waals surface area contributed by atoms with Gasteiger partial charge in [-0.3, -0.25) is 9.59 Å². The standard InChI is InChI=1S/C11H16N2O3S/c1-8(15)13-10-5-4-9(17-10)11(16)12-6-2-3-7-14/h4-5,14H,2-3,6-7H2,1H3,(H,12,16)(H,13,15). The molecule has 0 aliphatic rings. The SMILES string of the molecule is CC(=O)Nc1ccc(C(=O)NCCCCO)s1. The average molecular weight is 256 g/mol. The molecular weight excluding hydrogens is 240 g/mol. The van der Waals surface area contributed by atoms with Gasteiger partial charge in [-0.2, -0.15) is 0 Å². The van der Waals surface area contributed by atoms with E-state index in [0.29, 0.717) is 22.8 Å². The van der Waals surface area contributed by atoms with Crippen molar-refractivity contribution in [1.82, 2.24) is 5.32 Å². The van der Waals surface area contributed by atoms with Gasteiger partial charge in [-0.25, -0.2) is 0 Å². The van der Waals surface area contributed by atoms with Crippen LogP contribution in [0.15, 0.2) is 12.1 Å². The number of carbonyl (C=O) groups is 2. The van der Waals surface area contributed by atoms with Gasteiger partial charge in [-0.15, -0.1) is 11.3 Å². The van der Waals surface area contributed by atoms with E-state index in [9.17, 15) is 9.59 Å². The maximum atomic E-state index is 11.6. The number of hydrogen-bond acceptors (Lipinski definition) is 4. The summed E-state index contributed by atoms with van der Waals surface area (Å²) in [5.41, 5.74) is 0. The van der Waals surface area contributed by atoms with Crippen LogP contribution in [0.25, 0.3) is 0 Å². The molecule has 5 nitrogen and oxygen atoms in total. The van der Waals surface area contributed by atoms with Crippen LogP contribution in [-0.2, 0) is 4.79 Å². The van der Waals surface area contributed by atoms with Gasteiger partial charge in [0.15, 0.2) is 0 Å². The van der Waals surface area contributed by atoms with Crippen LogP contribution in [0.5, 0.6) is 0 Å². The summed E-state index contributed by atoms with van der Waals surface area (Å²) in [6, 6.07) is 3.38. The van der Waals surface area contributed by atoms with Crippen LogP contribution in [-0.4, -0.2) is 30.1 Å². The van der Waals surface area contributed by atoms with E-state index in [1.165, 1.54) is 18.3 Å². The molecular formula is C11H16N2O3S. The zero-order valence-electron chi connectivity index (χ0n) is 9.66. The minimum absolute atomic E-state index is 0.140. The van der Waals surface area contributed by atoms with Gasteiger partial charge in [0.05, 0.1) is 9.88 Å². The number of carbonyl (C=O) groups excluding carboxylic acids is 2. The second-order valence-electron chi connectivity index (χ2n) is 3.53. The number of nitrogens with one attached hydrogen (secondary N) is 2. The molecule has 0 spiro atoms. The van der Waals surface area contributed by atoms with Crippen LogP contribution in [0.3, 0.4) is 0 Å². The summed E-state index contributed by atoms with van der Waals surface area (Å²) in [6.07, 6.45) is 1.44. The molecule has 6 heteroatoms. The third-order valence-corrected chi connectivity index (χ3v) is 3.00. The molecule has 0 aliphatic heterocycles. The highest BCUT2D eigenvalue weighted by molar-refractivity contribution is 7.18. The molecule has 0 atom stereocenters. The molecule has 3 N–H and O–H groups in total. The highest BCUT2D eigenvalue weighted by Crippen LogP contribution is 2.21. The van der Waals surface area contributed by atoms with Crippen molar-refractivity contribution in [3.63, 3.8) is 0 Å². The highest BCUT2D eigenvalue weighted by atomic mass is 32.1. The molecule has 0 radical (unpaired) electrons. The Morgan fingerprint density at radius 1 is 1.35 bits per heavy atom. The fourth-order valence-corrected chi connectivity index (χ4v) is 2.10. The lowest BCUT2D eigenvalue weighted by Crippen LogP contribution is -2.23. The van der Waals surface area contributed by atoms with E-state index in [-0.39, 0.29) is 18.4 Å². The number of amides is 2. The third kappa shape index (κ3) is 4.97. The van der Waals surface area contributed by atoms with Crippen molar-refractivity contribution in [2.45, 2.75) is 19.8 Å². The number of hydrogen-bond donors (Lipinski definition) is 3. The highest BCUT2D eigenvalue weighted by Gasteiger charge is 2.08. The molecule has 2 amide bonds. The summed E-state index contributed by atoms with van der Waals surface area (Å²) in [4.78, 5) is 23.0. The minimum Gasteiger partial charge on any atom is -0.396 e. The van der Waals surface area contributed by atoms with E-state index in [4.69, 9.17) is 5.11 Å². The molecule has 0 saturated carbocycles. The Kier molecular flexibility index (Phi) is 5.65. The Hall–Kier alpha value is -1.40. The molecule has 1 rings (SSSR count). The summed E-state index contributed by atoms with van der Waals surface area (Å²) in [6.45, 7) is 2.11. The normalized spacial score (nSPS) is 10.0. The quantitative estimate of drug-likeness (QED) is 0.669. The fourth-order valence-electron chi connectivity index (χ4n) is 1.23. The van der Waals surface area contributed by atoms with E-state index in [1.807, 2.05) is 0 Å². The summed E-state index contributed by atoms with van der Waals surface area (Å²) in [7, 11) is 0. The summed E-state index contributed by atoms with van der Waals surface area (Å²) >= 11 is 1.24. The maximum absolute atomic E-state index is 11.6. The fraction of sp³-hybridized carbons (Fsp3) is 0.455. The van der Waals surface area contributed by atoms with Crippen LogP contribution < -0.4 is 10.6 Å².